The summed E-state index contributed by atoms with van der Waals surface area (Å²) in [4.78, 5) is 0. The molecule has 1 aromatic rings. The van der Waals surface area contributed by atoms with Crippen LogP contribution < -0.4 is 10.5 Å². The molecule has 0 aliphatic heterocycles. The van der Waals surface area contributed by atoms with Gasteiger partial charge in [-0.05, 0) is 40.9 Å². The maximum Gasteiger partial charge on any atom is 0.136 e. The number of halogens is 1. The Morgan fingerprint density at radius 1 is 1.54 bits per heavy atom. The normalized spacial score (nSPS) is 12.6. The first-order valence-corrected chi connectivity index (χ1v) is 5.01. The number of hydrogen-bond acceptors (Lipinski definition) is 2. The van der Waals surface area contributed by atoms with Gasteiger partial charge in [0.25, 0.3) is 0 Å². The summed E-state index contributed by atoms with van der Waals surface area (Å²) in [6.45, 7) is 1.99. The molecule has 0 radical (unpaired) electrons. The number of rotatable bonds is 3. The Morgan fingerprint density at radius 2 is 2.23 bits per heavy atom. The van der Waals surface area contributed by atoms with E-state index in [9.17, 15) is 0 Å². The van der Waals surface area contributed by atoms with Gasteiger partial charge in [-0.15, -0.1) is 0 Å². The fourth-order valence-corrected chi connectivity index (χ4v) is 1.86. The minimum absolute atomic E-state index is 0.156. The van der Waals surface area contributed by atoms with Gasteiger partial charge in [0.2, 0.25) is 0 Å². The fraction of sp³-hybridized carbons (Fsp3) is 0.400. The molecule has 0 aliphatic rings. The molecular weight excluding hydrogens is 230 g/mol. The second-order valence-electron chi connectivity index (χ2n) is 3.11. The third-order valence-electron chi connectivity index (χ3n) is 1.79. The van der Waals surface area contributed by atoms with E-state index in [2.05, 4.69) is 15.9 Å². The van der Waals surface area contributed by atoms with Gasteiger partial charge < -0.3 is 10.5 Å². The predicted molar refractivity (Wildman–Crippen MR) is 58.0 cm³/mol. The Hall–Kier alpha value is -0.540. The molecule has 0 heterocycles. The molecule has 0 spiro atoms. The smallest absolute Gasteiger partial charge is 0.136 e. The zero-order valence-electron chi connectivity index (χ0n) is 7.88. The van der Waals surface area contributed by atoms with Crippen LogP contribution in [-0.2, 0) is 6.42 Å². The second-order valence-corrected chi connectivity index (χ2v) is 3.97. The average Bonchev–Trinajstić information content (AvgIpc) is 2.03. The second kappa shape index (κ2) is 4.63. The number of nitrogens with two attached hydrogens (primary N) is 1. The molecule has 13 heavy (non-hydrogen) atoms. The van der Waals surface area contributed by atoms with E-state index >= 15 is 0 Å². The Kier molecular flexibility index (Phi) is 3.75. The van der Waals surface area contributed by atoms with Crippen molar-refractivity contribution >= 4 is 15.9 Å². The van der Waals surface area contributed by atoms with Crippen LogP contribution in [0.2, 0.25) is 0 Å². The van der Waals surface area contributed by atoms with Gasteiger partial charge in [0.05, 0.1) is 11.6 Å². The SMILES string of the molecule is COc1c(Br)cccc1C[C@H](C)N. The lowest BCUT2D eigenvalue weighted by Gasteiger charge is -2.11. The molecular formula is C10H14BrNO. The van der Waals surface area contributed by atoms with Crippen LogP contribution in [-0.4, -0.2) is 13.2 Å². The van der Waals surface area contributed by atoms with E-state index in [4.69, 9.17) is 10.5 Å². The number of benzene rings is 1. The van der Waals surface area contributed by atoms with E-state index in [-0.39, 0.29) is 6.04 Å². The van der Waals surface area contributed by atoms with Gasteiger partial charge in [-0.25, -0.2) is 0 Å². The minimum Gasteiger partial charge on any atom is -0.495 e. The number of hydrogen-bond donors (Lipinski definition) is 1. The first-order valence-electron chi connectivity index (χ1n) is 4.22. The van der Waals surface area contributed by atoms with Crippen LogP contribution in [0.1, 0.15) is 12.5 Å². The molecule has 72 valence electrons. The molecule has 0 unspecified atom stereocenters. The Labute approximate surface area is 87.2 Å². The van der Waals surface area contributed by atoms with Crippen LogP contribution in [0.4, 0.5) is 0 Å². The number of methoxy groups -OCH3 is 1. The molecule has 0 aromatic heterocycles. The van der Waals surface area contributed by atoms with E-state index < -0.39 is 0 Å². The Balaban J connectivity index is 2.98. The van der Waals surface area contributed by atoms with Crippen molar-refractivity contribution in [3.63, 3.8) is 0 Å². The molecule has 0 aliphatic carbocycles. The summed E-state index contributed by atoms with van der Waals surface area (Å²) in [5.74, 6) is 0.889. The number of ether oxygens (including phenoxy) is 1. The summed E-state index contributed by atoms with van der Waals surface area (Å²) in [6, 6.07) is 6.14. The Morgan fingerprint density at radius 3 is 2.77 bits per heavy atom. The highest BCUT2D eigenvalue weighted by molar-refractivity contribution is 9.10. The Bertz CT molecular complexity index is 286. The molecule has 0 bridgehead atoms. The summed E-state index contributed by atoms with van der Waals surface area (Å²) in [6.07, 6.45) is 0.836. The van der Waals surface area contributed by atoms with Crippen LogP contribution in [0.3, 0.4) is 0 Å². The van der Waals surface area contributed by atoms with Crippen molar-refractivity contribution in [2.75, 3.05) is 7.11 Å². The molecule has 3 heteroatoms. The van der Waals surface area contributed by atoms with E-state index in [1.165, 1.54) is 0 Å². The van der Waals surface area contributed by atoms with Crippen molar-refractivity contribution in [2.45, 2.75) is 19.4 Å². The van der Waals surface area contributed by atoms with Crippen molar-refractivity contribution in [3.8, 4) is 5.75 Å². The molecule has 1 rings (SSSR count). The quantitative estimate of drug-likeness (QED) is 0.885. The summed E-state index contributed by atoms with van der Waals surface area (Å²) < 4.78 is 6.25. The molecule has 0 saturated heterocycles. The average molecular weight is 244 g/mol. The lowest BCUT2D eigenvalue weighted by Crippen LogP contribution is -2.18. The largest absolute Gasteiger partial charge is 0.495 e. The van der Waals surface area contributed by atoms with Crippen LogP contribution in [0.25, 0.3) is 0 Å². The highest BCUT2D eigenvalue weighted by atomic mass is 79.9. The van der Waals surface area contributed by atoms with Crippen LogP contribution in [0, 0.1) is 0 Å². The van der Waals surface area contributed by atoms with Crippen molar-refractivity contribution < 1.29 is 4.74 Å². The fourth-order valence-electron chi connectivity index (χ4n) is 1.29. The highest BCUT2D eigenvalue weighted by Gasteiger charge is 2.07. The van der Waals surface area contributed by atoms with E-state index in [1.807, 2.05) is 25.1 Å². The standard InChI is InChI=1S/C10H14BrNO/c1-7(12)6-8-4-3-5-9(11)10(8)13-2/h3-5,7H,6,12H2,1-2H3/t7-/m0/s1. The van der Waals surface area contributed by atoms with Gasteiger partial charge in [-0.2, -0.15) is 0 Å². The van der Waals surface area contributed by atoms with Crippen LogP contribution >= 0.6 is 15.9 Å². The molecule has 0 saturated carbocycles. The van der Waals surface area contributed by atoms with E-state index in [0.29, 0.717) is 0 Å². The lowest BCUT2D eigenvalue weighted by atomic mass is 10.1. The van der Waals surface area contributed by atoms with Crippen molar-refractivity contribution in [1.29, 1.82) is 0 Å². The minimum atomic E-state index is 0.156. The predicted octanol–water partition coefficient (Wildman–Crippen LogP) is 2.35. The van der Waals surface area contributed by atoms with E-state index in [1.54, 1.807) is 7.11 Å². The van der Waals surface area contributed by atoms with Gasteiger partial charge in [0.15, 0.2) is 0 Å². The lowest BCUT2D eigenvalue weighted by molar-refractivity contribution is 0.405. The third kappa shape index (κ3) is 2.71. The molecule has 0 amide bonds. The molecule has 2 N–H and O–H groups in total. The zero-order chi connectivity index (χ0) is 9.84. The molecule has 0 fully saturated rings. The first-order chi connectivity index (χ1) is 6.15. The van der Waals surface area contributed by atoms with Gasteiger partial charge in [0, 0.05) is 6.04 Å². The topological polar surface area (TPSA) is 35.2 Å². The summed E-state index contributed by atoms with van der Waals surface area (Å²) in [5.41, 5.74) is 6.87. The first kappa shape index (κ1) is 10.5. The number of para-hydroxylation sites is 1. The molecule has 2 nitrogen and oxygen atoms in total. The molecule has 1 atom stereocenters. The summed E-state index contributed by atoms with van der Waals surface area (Å²) in [5, 5.41) is 0. The van der Waals surface area contributed by atoms with Crippen molar-refractivity contribution in [1.82, 2.24) is 0 Å². The molecule has 1 aromatic carbocycles. The van der Waals surface area contributed by atoms with Crippen molar-refractivity contribution in [3.05, 3.63) is 28.2 Å². The van der Waals surface area contributed by atoms with E-state index in [0.717, 1.165) is 22.2 Å². The monoisotopic (exact) mass is 243 g/mol. The highest BCUT2D eigenvalue weighted by Crippen LogP contribution is 2.29. The van der Waals surface area contributed by atoms with Crippen molar-refractivity contribution in [2.24, 2.45) is 5.73 Å². The summed E-state index contributed by atoms with van der Waals surface area (Å²) >= 11 is 3.43. The van der Waals surface area contributed by atoms with Gasteiger partial charge in [-0.3, -0.25) is 0 Å². The van der Waals surface area contributed by atoms with Gasteiger partial charge in [0.1, 0.15) is 5.75 Å². The van der Waals surface area contributed by atoms with Gasteiger partial charge in [-0.1, -0.05) is 12.1 Å². The maximum atomic E-state index is 5.73. The maximum absolute atomic E-state index is 5.73. The van der Waals surface area contributed by atoms with Crippen LogP contribution in [0.15, 0.2) is 22.7 Å². The third-order valence-corrected chi connectivity index (χ3v) is 2.42. The summed E-state index contributed by atoms with van der Waals surface area (Å²) in [7, 11) is 1.67. The van der Waals surface area contributed by atoms with Gasteiger partial charge >= 0.3 is 0 Å². The van der Waals surface area contributed by atoms with Crippen LogP contribution in [0.5, 0.6) is 5.75 Å². The zero-order valence-corrected chi connectivity index (χ0v) is 9.47.